The van der Waals surface area contributed by atoms with E-state index in [1.54, 1.807) is 12.4 Å². The van der Waals surface area contributed by atoms with E-state index in [0.29, 0.717) is 6.61 Å². The summed E-state index contributed by atoms with van der Waals surface area (Å²) in [6.45, 7) is 6.43. The molecule has 0 bridgehead atoms. The van der Waals surface area contributed by atoms with E-state index in [1.807, 2.05) is 48.5 Å². The van der Waals surface area contributed by atoms with E-state index in [0.717, 1.165) is 82.8 Å². The van der Waals surface area contributed by atoms with Crippen molar-refractivity contribution < 1.29 is 14.2 Å². The van der Waals surface area contributed by atoms with Crippen LogP contribution in [0.1, 0.15) is 148 Å². The Kier molecular flexibility index (Phi) is 20.7. The molecule has 0 amide bonds. The third-order valence-corrected chi connectivity index (χ3v) is 10.7. The van der Waals surface area contributed by atoms with Crippen molar-refractivity contribution in [1.29, 1.82) is 0 Å². The van der Waals surface area contributed by atoms with Gasteiger partial charge >= 0.3 is 0 Å². The van der Waals surface area contributed by atoms with Gasteiger partial charge in [-0.1, -0.05) is 154 Å². The summed E-state index contributed by atoms with van der Waals surface area (Å²) in [5, 5.41) is 0. The topological polar surface area (TPSA) is 66.4 Å². The van der Waals surface area contributed by atoms with Gasteiger partial charge in [0.1, 0.15) is 23.9 Å². The van der Waals surface area contributed by atoms with E-state index in [2.05, 4.69) is 66.3 Å². The van der Waals surface area contributed by atoms with Gasteiger partial charge in [0.25, 0.3) is 0 Å². The van der Waals surface area contributed by atoms with Crippen molar-refractivity contribution in [2.75, 3.05) is 13.2 Å². The van der Waals surface area contributed by atoms with Crippen molar-refractivity contribution in [1.82, 2.24) is 15.0 Å². The molecule has 5 aromatic rings. The van der Waals surface area contributed by atoms with Crippen LogP contribution in [-0.2, 0) is 6.61 Å². The maximum absolute atomic E-state index is 6.36. The Balaban J connectivity index is 1.16. The molecule has 0 aliphatic carbocycles. The molecule has 0 atom stereocenters. The zero-order valence-electron chi connectivity index (χ0n) is 35.6. The molecule has 3 heterocycles. The molecule has 2 aromatic carbocycles. The molecule has 0 aliphatic heterocycles. The summed E-state index contributed by atoms with van der Waals surface area (Å²) in [4.78, 5) is 14.1. The second-order valence-corrected chi connectivity index (χ2v) is 15.7. The molecular weight excluding hydrogens is 715 g/mol. The number of benzene rings is 2. The number of ether oxygens (including phenoxy) is 3. The zero-order valence-corrected chi connectivity index (χ0v) is 35.6. The van der Waals surface area contributed by atoms with Gasteiger partial charge < -0.3 is 14.2 Å². The minimum atomic E-state index is 0.423. The van der Waals surface area contributed by atoms with Crippen molar-refractivity contribution >= 4 is 0 Å². The maximum Gasteiger partial charge on any atom is 0.123 e. The number of hydrogen-bond acceptors (Lipinski definition) is 6. The Labute approximate surface area is 350 Å². The molecule has 0 saturated carbocycles. The fraction of sp³-hybridized carbons (Fsp3) is 0.481. The van der Waals surface area contributed by atoms with Gasteiger partial charge in [0.2, 0.25) is 0 Å². The molecule has 0 aliphatic rings. The van der Waals surface area contributed by atoms with Crippen molar-refractivity contribution in [2.24, 2.45) is 0 Å². The molecule has 5 rings (SSSR count). The van der Waals surface area contributed by atoms with Crippen molar-refractivity contribution in [3.05, 3.63) is 109 Å². The summed E-state index contributed by atoms with van der Waals surface area (Å²) in [7, 11) is 0. The van der Waals surface area contributed by atoms with Crippen LogP contribution in [-0.4, -0.2) is 28.2 Å². The second kappa shape index (κ2) is 27.1. The van der Waals surface area contributed by atoms with Gasteiger partial charge in [-0.15, -0.1) is 0 Å². The van der Waals surface area contributed by atoms with Crippen molar-refractivity contribution in [3.8, 4) is 51.2 Å². The first-order chi connectivity index (χ1) is 28.7. The molecule has 0 fully saturated rings. The Morgan fingerprint density at radius 3 is 1.26 bits per heavy atom. The minimum Gasteiger partial charge on any atom is -0.493 e. The van der Waals surface area contributed by atoms with Crippen LogP contribution in [0.5, 0.6) is 17.2 Å². The lowest BCUT2D eigenvalue weighted by molar-refractivity contribution is 0.282. The standard InChI is InChI=1S/C52H69N3O3/c1-3-5-7-9-11-13-15-17-19-25-35-56-47-37-43(38-48(41-47)57-36-26-20-18-16-14-12-10-8-6-4-2)42-58-46-31-29-44(30-32-46)45-39-51(49-27-21-23-33-53-49)55-52(40-45)50-28-22-24-34-54-50/h21-24,27-34,37-41H,3-20,25-26,35-36,42H2,1-2H3. The first kappa shape index (κ1) is 44.4. The van der Waals surface area contributed by atoms with E-state index < -0.39 is 0 Å². The normalized spacial score (nSPS) is 11.1. The van der Waals surface area contributed by atoms with Gasteiger partial charge in [0, 0.05) is 18.5 Å². The smallest absolute Gasteiger partial charge is 0.123 e. The molecular formula is C52H69N3O3. The highest BCUT2D eigenvalue weighted by molar-refractivity contribution is 5.75. The maximum atomic E-state index is 6.36. The summed E-state index contributed by atoms with van der Waals surface area (Å²) in [6.07, 6.45) is 29.8. The fourth-order valence-electron chi connectivity index (χ4n) is 7.34. The van der Waals surface area contributed by atoms with Gasteiger partial charge in [-0.05, 0) is 90.2 Å². The van der Waals surface area contributed by atoms with Crippen LogP contribution in [0.15, 0.2) is 103 Å². The van der Waals surface area contributed by atoms with E-state index in [4.69, 9.17) is 19.2 Å². The van der Waals surface area contributed by atoms with Crippen LogP contribution in [0.25, 0.3) is 33.9 Å². The molecule has 0 saturated heterocycles. The number of rotatable bonds is 30. The van der Waals surface area contributed by atoms with Gasteiger partial charge in [0.15, 0.2) is 0 Å². The SMILES string of the molecule is CCCCCCCCCCCCOc1cc(COc2ccc(-c3cc(-c4ccccn4)nc(-c4ccccn4)c3)cc2)cc(OCCCCCCCCCCCC)c1. The summed E-state index contributed by atoms with van der Waals surface area (Å²) in [6, 6.07) is 30.5. The number of hydrogen-bond donors (Lipinski definition) is 0. The highest BCUT2D eigenvalue weighted by atomic mass is 16.5. The van der Waals surface area contributed by atoms with E-state index in [9.17, 15) is 0 Å². The Hall–Kier alpha value is -4.71. The molecule has 0 radical (unpaired) electrons. The van der Waals surface area contributed by atoms with E-state index >= 15 is 0 Å². The van der Waals surface area contributed by atoms with Crippen molar-refractivity contribution in [2.45, 2.75) is 149 Å². The lowest BCUT2D eigenvalue weighted by atomic mass is 10.0. The van der Waals surface area contributed by atoms with E-state index in [-0.39, 0.29) is 0 Å². The van der Waals surface area contributed by atoms with Crippen LogP contribution >= 0.6 is 0 Å². The summed E-state index contributed by atoms with van der Waals surface area (Å²) in [5.41, 5.74) is 6.40. The summed E-state index contributed by atoms with van der Waals surface area (Å²) >= 11 is 0. The lowest BCUT2D eigenvalue weighted by Gasteiger charge is -2.14. The first-order valence-electron chi connectivity index (χ1n) is 22.7. The predicted octanol–water partition coefficient (Wildman–Crippen LogP) is 15.1. The van der Waals surface area contributed by atoms with Crippen LogP contribution in [0.3, 0.4) is 0 Å². The average molecular weight is 784 g/mol. The number of pyridine rings is 3. The van der Waals surface area contributed by atoms with Crippen molar-refractivity contribution in [3.63, 3.8) is 0 Å². The molecule has 0 unspecified atom stereocenters. The van der Waals surface area contributed by atoms with Crippen LogP contribution in [0.2, 0.25) is 0 Å². The first-order valence-corrected chi connectivity index (χ1v) is 22.7. The highest BCUT2D eigenvalue weighted by Gasteiger charge is 2.11. The Morgan fingerprint density at radius 1 is 0.379 bits per heavy atom. The summed E-state index contributed by atoms with van der Waals surface area (Å²) in [5.74, 6) is 2.52. The van der Waals surface area contributed by atoms with Crippen LogP contribution < -0.4 is 14.2 Å². The number of aromatic nitrogens is 3. The van der Waals surface area contributed by atoms with Gasteiger partial charge in [-0.25, -0.2) is 4.98 Å². The largest absolute Gasteiger partial charge is 0.493 e. The predicted molar refractivity (Wildman–Crippen MR) is 242 cm³/mol. The zero-order chi connectivity index (χ0) is 40.3. The van der Waals surface area contributed by atoms with Gasteiger partial charge in [0.05, 0.1) is 36.0 Å². The summed E-state index contributed by atoms with van der Waals surface area (Å²) < 4.78 is 19.0. The molecule has 310 valence electrons. The molecule has 6 nitrogen and oxygen atoms in total. The number of nitrogens with zero attached hydrogens (tertiary/aromatic N) is 3. The van der Waals surface area contributed by atoms with Crippen LogP contribution in [0.4, 0.5) is 0 Å². The third-order valence-electron chi connectivity index (χ3n) is 10.7. The van der Waals surface area contributed by atoms with Crippen LogP contribution in [0, 0.1) is 0 Å². The van der Waals surface area contributed by atoms with E-state index in [1.165, 1.54) is 116 Å². The third kappa shape index (κ3) is 16.6. The minimum absolute atomic E-state index is 0.423. The quantitative estimate of drug-likeness (QED) is 0.0432. The molecule has 58 heavy (non-hydrogen) atoms. The lowest BCUT2D eigenvalue weighted by Crippen LogP contribution is -2.03. The van der Waals surface area contributed by atoms with Gasteiger partial charge in [-0.3, -0.25) is 9.97 Å². The molecule has 6 heteroatoms. The Bertz CT molecular complexity index is 1710. The number of unbranched alkanes of at least 4 members (excludes halogenated alkanes) is 18. The average Bonchev–Trinajstić information content (AvgIpc) is 3.27. The molecule has 0 spiro atoms. The molecule has 0 N–H and O–H groups in total. The monoisotopic (exact) mass is 784 g/mol. The molecule has 3 aromatic heterocycles. The Morgan fingerprint density at radius 2 is 0.828 bits per heavy atom. The second-order valence-electron chi connectivity index (χ2n) is 15.7. The van der Waals surface area contributed by atoms with Gasteiger partial charge in [-0.2, -0.15) is 0 Å². The fourth-order valence-corrected chi connectivity index (χ4v) is 7.34. The highest BCUT2D eigenvalue weighted by Crippen LogP contribution is 2.31.